The molecule has 4 nitrogen and oxygen atoms in total. The van der Waals surface area contributed by atoms with Gasteiger partial charge in [-0.15, -0.1) is 0 Å². The van der Waals surface area contributed by atoms with Gasteiger partial charge in [-0.25, -0.2) is 0 Å². The average Bonchev–Trinajstić information content (AvgIpc) is 2.98. The summed E-state index contributed by atoms with van der Waals surface area (Å²) in [5, 5.41) is 21.8. The van der Waals surface area contributed by atoms with Crippen LogP contribution in [0.4, 0.5) is 0 Å². The van der Waals surface area contributed by atoms with Crippen LogP contribution in [-0.2, 0) is 13.6 Å². The second-order valence-corrected chi connectivity index (χ2v) is 5.58. The third-order valence-corrected chi connectivity index (χ3v) is 4.53. The van der Waals surface area contributed by atoms with E-state index in [9.17, 15) is 5.11 Å². The maximum Gasteiger partial charge on any atom is 0.120 e. The summed E-state index contributed by atoms with van der Waals surface area (Å²) in [4.78, 5) is 0. The normalized spacial score (nSPS) is 22.6. The van der Waals surface area contributed by atoms with Crippen LogP contribution >= 0.6 is 0 Å². The summed E-state index contributed by atoms with van der Waals surface area (Å²) < 4.78 is 1.93. The Kier molecular flexibility index (Phi) is 4.62. The highest BCUT2D eigenvalue weighted by Crippen LogP contribution is 2.30. The zero-order valence-electron chi connectivity index (χ0n) is 11.8. The first-order valence-electron chi connectivity index (χ1n) is 7.04. The van der Waals surface area contributed by atoms with Crippen LogP contribution in [0, 0.1) is 30.1 Å². The molecule has 0 spiro atoms. The lowest BCUT2D eigenvalue weighted by atomic mass is 9.97. The van der Waals surface area contributed by atoms with Crippen molar-refractivity contribution in [3.63, 3.8) is 0 Å². The molecule has 2 rings (SSSR count). The number of hydrogen-bond acceptors (Lipinski definition) is 3. The summed E-state index contributed by atoms with van der Waals surface area (Å²) >= 11 is 0. The molecule has 2 N–H and O–H groups in total. The highest BCUT2D eigenvalue weighted by Gasteiger charge is 2.25. The number of rotatable bonds is 5. The van der Waals surface area contributed by atoms with Crippen LogP contribution in [0.3, 0.4) is 0 Å². The van der Waals surface area contributed by atoms with Gasteiger partial charge in [-0.2, -0.15) is 5.26 Å². The van der Waals surface area contributed by atoms with Gasteiger partial charge >= 0.3 is 0 Å². The van der Waals surface area contributed by atoms with Crippen LogP contribution in [-0.4, -0.2) is 22.8 Å². The molecule has 0 aliphatic heterocycles. The molecular formula is C15H23N3O. The minimum atomic E-state index is 0.315. The van der Waals surface area contributed by atoms with Crippen LogP contribution in [0.25, 0.3) is 0 Å². The molecule has 4 heteroatoms. The Morgan fingerprint density at radius 2 is 2.21 bits per heavy atom. The summed E-state index contributed by atoms with van der Waals surface area (Å²) in [6.07, 6.45) is 3.61. The average molecular weight is 261 g/mol. The maximum absolute atomic E-state index is 9.30. The summed E-state index contributed by atoms with van der Waals surface area (Å²) in [5.74, 6) is 1.07. The highest BCUT2D eigenvalue weighted by atomic mass is 16.3. The van der Waals surface area contributed by atoms with Crippen molar-refractivity contribution in [1.29, 1.82) is 5.26 Å². The first-order valence-corrected chi connectivity index (χ1v) is 7.04. The number of aliphatic hydroxyl groups excluding tert-OH is 1. The number of nitrogens with zero attached hydrogens (tertiary/aromatic N) is 2. The van der Waals surface area contributed by atoms with Crippen LogP contribution in [0.15, 0.2) is 6.07 Å². The lowest BCUT2D eigenvalue weighted by Crippen LogP contribution is -2.26. The van der Waals surface area contributed by atoms with E-state index < -0.39 is 0 Å². The smallest absolute Gasteiger partial charge is 0.120 e. The Morgan fingerprint density at radius 3 is 2.84 bits per heavy atom. The van der Waals surface area contributed by atoms with Gasteiger partial charge in [-0.1, -0.05) is 6.42 Å². The molecule has 104 valence electrons. The molecule has 0 saturated heterocycles. The minimum Gasteiger partial charge on any atom is -0.396 e. The minimum absolute atomic E-state index is 0.315. The van der Waals surface area contributed by atoms with Gasteiger partial charge in [0, 0.05) is 25.9 Å². The first kappa shape index (κ1) is 14.1. The Balaban J connectivity index is 1.88. The van der Waals surface area contributed by atoms with Crippen LogP contribution in [0.2, 0.25) is 0 Å². The molecular weight excluding hydrogens is 238 g/mol. The van der Waals surface area contributed by atoms with E-state index >= 15 is 0 Å². The van der Waals surface area contributed by atoms with Crippen molar-refractivity contribution in [1.82, 2.24) is 9.88 Å². The molecule has 1 saturated carbocycles. The zero-order valence-corrected chi connectivity index (χ0v) is 11.8. The summed E-state index contributed by atoms with van der Waals surface area (Å²) in [7, 11) is 1.93. The standard InChI is InChI=1S/C15H23N3O/c1-11-14(6-15(7-16)18(11)2)9-17-8-12-4-3-5-13(12)10-19/h6,12-13,17,19H,3-5,8-10H2,1-2H3. The lowest BCUT2D eigenvalue weighted by Gasteiger charge is -2.17. The van der Waals surface area contributed by atoms with Crippen molar-refractivity contribution in [2.45, 2.75) is 32.7 Å². The number of aromatic nitrogens is 1. The van der Waals surface area contributed by atoms with E-state index in [1.807, 2.05) is 24.6 Å². The SMILES string of the molecule is Cc1c(CNCC2CCCC2CO)cc(C#N)n1C. The Morgan fingerprint density at radius 1 is 1.47 bits per heavy atom. The topological polar surface area (TPSA) is 61.0 Å². The van der Waals surface area contributed by atoms with E-state index in [-0.39, 0.29) is 0 Å². The molecule has 2 atom stereocenters. The third-order valence-electron chi connectivity index (χ3n) is 4.53. The van der Waals surface area contributed by atoms with Gasteiger partial charge < -0.3 is 15.0 Å². The molecule has 1 aliphatic rings. The number of nitriles is 1. The highest BCUT2D eigenvalue weighted by molar-refractivity contribution is 5.34. The van der Waals surface area contributed by atoms with E-state index in [1.165, 1.54) is 18.4 Å². The van der Waals surface area contributed by atoms with E-state index in [2.05, 4.69) is 11.4 Å². The van der Waals surface area contributed by atoms with Gasteiger partial charge in [0.05, 0.1) is 0 Å². The fourth-order valence-corrected chi connectivity index (χ4v) is 3.06. The fourth-order valence-electron chi connectivity index (χ4n) is 3.06. The van der Waals surface area contributed by atoms with Gasteiger partial charge in [0.25, 0.3) is 0 Å². The summed E-state index contributed by atoms with van der Waals surface area (Å²) in [5.41, 5.74) is 3.05. The Hall–Kier alpha value is -1.31. The molecule has 1 aromatic rings. The molecule has 0 bridgehead atoms. The van der Waals surface area contributed by atoms with Crippen molar-refractivity contribution in [3.8, 4) is 6.07 Å². The van der Waals surface area contributed by atoms with Crippen LogP contribution in [0.1, 0.15) is 36.2 Å². The molecule has 1 heterocycles. The van der Waals surface area contributed by atoms with Crippen molar-refractivity contribution in [3.05, 3.63) is 23.0 Å². The quantitative estimate of drug-likeness (QED) is 0.848. The molecule has 1 aromatic heterocycles. The molecule has 19 heavy (non-hydrogen) atoms. The van der Waals surface area contributed by atoms with Crippen molar-refractivity contribution in [2.24, 2.45) is 18.9 Å². The summed E-state index contributed by atoms with van der Waals surface area (Å²) in [6.45, 7) is 4.12. The van der Waals surface area contributed by atoms with E-state index in [0.717, 1.165) is 25.2 Å². The van der Waals surface area contributed by atoms with Gasteiger partial charge in [0.15, 0.2) is 0 Å². The number of hydrogen-bond donors (Lipinski definition) is 2. The second kappa shape index (κ2) is 6.23. The molecule has 1 aliphatic carbocycles. The predicted molar refractivity (Wildman–Crippen MR) is 74.5 cm³/mol. The zero-order chi connectivity index (χ0) is 13.8. The van der Waals surface area contributed by atoms with Crippen LogP contribution < -0.4 is 5.32 Å². The van der Waals surface area contributed by atoms with E-state index in [1.54, 1.807) is 0 Å². The fraction of sp³-hybridized carbons (Fsp3) is 0.667. The Bertz CT molecular complexity index is 472. The van der Waals surface area contributed by atoms with E-state index in [4.69, 9.17) is 5.26 Å². The molecule has 0 radical (unpaired) electrons. The van der Waals surface area contributed by atoms with E-state index in [0.29, 0.717) is 24.1 Å². The van der Waals surface area contributed by atoms with Gasteiger partial charge in [0.2, 0.25) is 0 Å². The van der Waals surface area contributed by atoms with Crippen molar-refractivity contribution in [2.75, 3.05) is 13.2 Å². The van der Waals surface area contributed by atoms with Crippen molar-refractivity contribution >= 4 is 0 Å². The van der Waals surface area contributed by atoms with Crippen molar-refractivity contribution < 1.29 is 5.11 Å². The third kappa shape index (κ3) is 2.99. The maximum atomic E-state index is 9.30. The van der Waals surface area contributed by atoms with Gasteiger partial charge in [0.1, 0.15) is 11.8 Å². The number of nitrogens with one attached hydrogen (secondary N) is 1. The molecule has 0 aromatic carbocycles. The first-order chi connectivity index (χ1) is 9.17. The second-order valence-electron chi connectivity index (χ2n) is 5.58. The monoisotopic (exact) mass is 261 g/mol. The van der Waals surface area contributed by atoms with Gasteiger partial charge in [-0.05, 0) is 49.8 Å². The van der Waals surface area contributed by atoms with Crippen LogP contribution in [0.5, 0.6) is 0 Å². The summed E-state index contributed by atoms with van der Waals surface area (Å²) in [6, 6.07) is 4.17. The molecule has 1 fully saturated rings. The predicted octanol–water partition coefficient (Wildman–Crippen LogP) is 1.70. The molecule has 2 unspecified atom stereocenters. The largest absolute Gasteiger partial charge is 0.396 e. The molecule has 0 amide bonds. The van der Waals surface area contributed by atoms with Gasteiger partial charge in [-0.3, -0.25) is 0 Å². The lowest BCUT2D eigenvalue weighted by molar-refractivity contribution is 0.192. The Labute approximate surface area is 115 Å². The number of aliphatic hydroxyl groups is 1.